The molecule has 0 spiro atoms. The molecular formula is C12H18N4O2. The van der Waals surface area contributed by atoms with E-state index in [-0.39, 0.29) is 0 Å². The molecular weight excluding hydrogens is 232 g/mol. The summed E-state index contributed by atoms with van der Waals surface area (Å²) in [4.78, 5) is 12.4. The predicted molar refractivity (Wildman–Crippen MR) is 70.8 cm³/mol. The van der Waals surface area contributed by atoms with E-state index in [1.54, 1.807) is 0 Å². The Morgan fingerprint density at radius 1 is 1.44 bits per heavy atom. The van der Waals surface area contributed by atoms with E-state index in [1.807, 2.05) is 38.4 Å². The maximum Gasteiger partial charge on any atom is 0.332 e. The molecule has 1 aromatic rings. The molecule has 0 aliphatic carbocycles. The fraction of sp³-hybridized carbons (Fsp3) is 0.333. The lowest BCUT2D eigenvalue weighted by molar-refractivity contribution is 0.249. The predicted octanol–water partition coefficient (Wildman–Crippen LogP) is 0.629. The number of hydrazone groups is 1. The van der Waals surface area contributed by atoms with Crippen LogP contribution >= 0.6 is 0 Å². The highest BCUT2D eigenvalue weighted by Gasteiger charge is 1.95. The molecule has 0 aliphatic rings. The number of nitrogens with zero attached hydrogens (tertiary/aromatic N) is 2. The minimum absolute atomic E-state index is 0.643. The highest BCUT2D eigenvalue weighted by atomic mass is 16.5. The molecule has 6 nitrogen and oxygen atoms in total. The van der Waals surface area contributed by atoms with Gasteiger partial charge in [0.2, 0.25) is 0 Å². The topological polar surface area (TPSA) is 79.9 Å². The van der Waals surface area contributed by atoms with Crippen LogP contribution in [0.15, 0.2) is 29.4 Å². The number of primary amides is 1. The van der Waals surface area contributed by atoms with E-state index in [9.17, 15) is 4.79 Å². The number of likely N-dealkylation sites (N-methyl/N-ethyl adjacent to an activating group) is 1. The minimum atomic E-state index is -0.685. The number of carbonyl (C=O) groups excluding carboxylic acids is 1. The van der Waals surface area contributed by atoms with Crippen molar-refractivity contribution in [1.29, 1.82) is 0 Å². The number of hydrogen-bond acceptors (Lipinski definition) is 4. The molecule has 0 bridgehead atoms. The van der Waals surface area contributed by atoms with Crippen molar-refractivity contribution in [3.05, 3.63) is 29.8 Å². The lowest BCUT2D eigenvalue weighted by Crippen LogP contribution is -2.24. The van der Waals surface area contributed by atoms with Crippen LogP contribution in [0.5, 0.6) is 5.75 Å². The Balaban J connectivity index is 2.42. The van der Waals surface area contributed by atoms with Gasteiger partial charge < -0.3 is 15.4 Å². The van der Waals surface area contributed by atoms with Crippen LogP contribution in [-0.4, -0.2) is 44.4 Å². The number of amides is 2. The second-order valence-corrected chi connectivity index (χ2v) is 3.96. The van der Waals surface area contributed by atoms with Crippen molar-refractivity contribution in [3.8, 4) is 5.75 Å². The van der Waals surface area contributed by atoms with E-state index in [0.29, 0.717) is 6.61 Å². The Hall–Kier alpha value is -2.08. The molecule has 18 heavy (non-hydrogen) atoms. The summed E-state index contributed by atoms with van der Waals surface area (Å²) in [6.45, 7) is 1.51. The molecule has 3 N–H and O–H groups in total. The van der Waals surface area contributed by atoms with Crippen LogP contribution < -0.4 is 15.9 Å². The fourth-order valence-electron chi connectivity index (χ4n) is 1.17. The number of rotatable bonds is 6. The van der Waals surface area contributed by atoms with E-state index >= 15 is 0 Å². The zero-order valence-electron chi connectivity index (χ0n) is 10.6. The molecule has 98 valence electrons. The molecule has 0 saturated heterocycles. The Morgan fingerprint density at radius 2 is 2.11 bits per heavy atom. The minimum Gasteiger partial charge on any atom is -0.492 e. The van der Waals surface area contributed by atoms with Gasteiger partial charge in [-0.2, -0.15) is 5.10 Å². The monoisotopic (exact) mass is 250 g/mol. The molecule has 0 aromatic heterocycles. The van der Waals surface area contributed by atoms with Gasteiger partial charge in [0.15, 0.2) is 0 Å². The first-order chi connectivity index (χ1) is 8.58. The number of hydrogen-bond donors (Lipinski definition) is 2. The molecule has 0 radical (unpaired) electrons. The van der Waals surface area contributed by atoms with Crippen molar-refractivity contribution in [3.63, 3.8) is 0 Å². The summed E-state index contributed by atoms with van der Waals surface area (Å²) in [5.74, 6) is 0.803. The lowest BCUT2D eigenvalue weighted by Gasteiger charge is -2.10. The van der Waals surface area contributed by atoms with Gasteiger partial charge in [0, 0.05) is 6.54 Å². The zero-order valence-corrected chi connectivity index (χ0v) is 10.6. The normalized spacial score (nSPS) is 10.8. The molecule has 0 atom stereocenters. The molecule has 2 amide bonds. The highest BCUT2D eigenvalue weighted by Crippen LogP contribution is 2.10. The SMILES string of the molecule is CN(C)CCOc1ccc(/C=N/NC(N)=O)cc1. The summed E-state index contributed by atoms with van der Waals surface area (Å²) in [5.41, 5.74) is 7.85. The maximum atomic E-state index is 10.4. The average molecular weight is 250 g/mol. The van der Waals surface area contributed by atoms with Gasteiger partial charge in [-0.3, -0.25) is 0 Å². The summed E-state index contributed by atoms with van der Waals surface area (Å²) in [7, 11) is 3.99. The summed E-state index contributed by atoms with van der Waals surface area (Å²) in [5, 5.41) is 3.66. The first-order valence-electron chi connectivity index (χ1n) is 5.54. The van der Waals surface area contributed by atoms with Crippen LogP contribution in [0.1, 0.15) is 5.56 Å². The molecule has 0 fully saturated rings. The Morgan fingerprint density at radius 3 is 2.67 bits per heavy atom. The number of ether oxygens (including phenoxy) is 1. The Labute approximate surface area is 106 Å². The van der Waals surface area contributed by atoms with Gasteiger partial charge in [-0.05, 0) is 43.9 Å². The molecule has 0 aliphatic heterocycles. The molecule has 1 aromatic carbocycles. The second kappa shape index (κ2) is 7.29. The molecule has 0 unspecified atom stereocenters. The standard InChI is InChI=1S/C12H18N4O2/c1-16(2)7-8-18-11-5-3-10(4-6-11)9-14-15-12(13)17/h3-6,9H,7-8H2,1-2H3,(H3,13,15,17)/b14-9+. The smallest absolute Gasteiger partial charge is 0.332 e. The van der Waals surface area contributed by atoms with Crippen LogP contribution in [0.25, 0.3) is 0 Å². The van der Waals surface area contributed by atoms with Gasteiger partial charge in [-0.15, -0.1) is 0 Å². The van der Waals surface area contributed by atoms with Crippen molar-refractivity contribution in [2.24, 2.45) is 10.8 Å². The molecule has 6 heteroatoms. The van der Waals surface area contributed by atoms with E-state index < -0.39 is 6.03 Å². The van der Waals surface area contributed by atoms with Crippen LogP contribution in [0.2, 0.25) is 0 Å². The van der Waals surface area contributed by atoms with E-state index in [1.165, 1.54) is 6.21 Å². The van der Waals surface area contributed by atoms with E-state index in [4.69, 9.17) is 10.5 Å². The maximum absolute atomic E-state index is 10.4. The van der Waals surface area contributed by atoms with Gasteiger partial charge in [0.1, 0.15) is 12.4 Å². The van der Waals surface area contributed by atoms with Gasteiger partial charge in [0.05, 0.1) is 6.21 Å². The summed E-state index contributed by atoms with van der Waals surface area (Å²) < 4.78 is 5.54. The van der Waals surface area contributed by atoms with Gasteiger partial charge in [0.25, 0.3) is 0 Å². The third-order valence-corrected chi connectivity index (χ3v) is 2.08. The average Bonchev–Trinajstić information content (AvgIpc) is 2.30. The van der Waals surface area contributed by atoms with Crippen molar-refractivity contribution < 1.29 is 9.53 Å². The second-order valence-electron chi connectivity index (χ2n) is 3.96. The summed E-state index contributed by atoms with van der Waals surface area (Å²) >= 11 is 0. The summed E-state index contributed by atoms with van der Waals surface area (Å²) in [6, 6.07) is 6.70. The molecule has 1 rings (SSSR count). The molecule has 0 saturated carbocycles. The van der Waals surface area contributed by atoms with Crippen LogP contribution in [-0.2, 0) is 0 Å². The number of benzene rings is 1. The van der Waals surface area contributed by atoms with Gasteiger partial charge in [-0.1, -0.05) is 0 Å². The third-order valence-electron chi connectivity index (χ3n) is 2.08. The first-order valence-corrected chi connectivity index (χ1v) is 5.54. The van der Waals surface area contributed by atoms with Crippen molar-refractivity contribution in [2.45, 2.75) is 0 Å². The molecule has 0 heterocycles. The fourth-order valence-corrected chi connectivity index (χ4v) is 1.17. The third kappa shape index (κ3) is 5.86. The van der Waals surface area contributed by atoms with Gasteiger partial charge in [-0.25, -0.2) is 10.2 Å². The highest BCUT2D eigenvalue weighted by molar-refractivity contribution is 5.81. The number of carbonyl (C=O) groups is 1. The number of nitrogens with two attached hydrogens (primary N) is 1. The Kier molecular flexibility index (Phi) is 5.66. The zero-order chi connectivity index (χ0) is 13.4. The van der Waals surface area contributed by atoms with Gasteiger partial charge >= 0.3 is 6.03 Å². The quantitative estimate of drug-likeness (QED) is 0.574. The Bertz CT molecular complexity index is 401. The number of nitrogens with one attached hydrogen (secondary N) is 1. The first kappa shape index (κ1) is 14.0. The lowest BCUT2D eigenvalue weighted by atomic mass is 10.2. The summed E-state index contributed by atoms with van der Waals surface area (Å²) in [6.07, 6.45) is 1.51. The largest absolute Gasteiger partial charge is 0.492 e. The van der Waals surface area contributed by atoms with Crippen molar-refractivity contribution >= 4 is 12.2 Å². The van der Waals surface area contributed by atoms with Crippen LogP contribution in [0.3, 0.4) is 0 Å². The number of urea groups is 1. The van der Waals surface area contributed by atoms with E-state index in [2.05, 4.69) is 15.4 Å². The van der Waals surface area contributed by atoms with Crippen molar-refractivity contribution in [2.75, 3.05) is 27.2 Å². The van der Waals surface area contributed by atoms with Crippen molar-refractivity contribution in [1.82, 2.24) is 10.3 Å². The van der Waals surface area contributed by atoms with Crippen LogP contribution in [0.4, 0.5) is 4.79 Å². The van der Waals surface area contributed by atoms with E-state index in [0.717, 1.165) is 17.9 Å². The van der Waals surface area contributed by atoms with Crippen LogP contribution in [0, 0.1) is 0 Å².